The lowest BCUT2D eigenvalue weighted by molar-refractivity contribution is 0.475. The molecule has 10 heavy (non-hydrogen) atoms. The molecule has 0 heterocycles. The predicted molar refractivity (Wildman–Crippen MR) is 41.1 cm³/mol. The lowest BCUT2D eigenvalue weighted by Crippen LogP contribution is -1.74. The van der Waals surface area contributed by atoms with Gasteiger partial charge in [-0.25, -0.2) is 0 Å². The van der Waals surface area contributed by atoms with E-state index in [0.29, 0.717) is 10.6 Å². The summed E-state index contributed by atoms with van der Waals surface area (Å²) in [5.74, 6) is 2.48. The lowest BCUT2D eigenvalue weighted by atomic mass is 10.2. The first-order chi connectivity index (χ1) is 4.74. The smallest absolute Gasteiger partial charge is 0.116 e. The zero-order valence-corrected chi connectivity index (χ0v) is 5.89. The molecule has 0 bridgehead atoms. The molecule has 1 aromatic carbocycles. The van der Waals surface area contributed by atoms with Crippen LogP contribution in [0.5, 0.6) is 5.75 Å². The van der Waals surface area contributed by atoms with Gasteiger partial charge in [-0.05, 0) is 18.2 Å². The fraction of sp³-hybridized carbons (Fsp3) is 0. The van der Waals surface area contributed by atoms with Crippen LogP contribution in [0.1, 0.15) is 5.56 Å². The number of hydrogen-bond acceptors (Lipinski definition) is 1. The minimum Gasteiger partial charge on any atom is -0.508 e. The fourth-order valence-electron chi connectivity index (χ4n) is 0.624. The highest BCUT2D eigenvalue weighted by molar-refractivity contribution is 6.31. The fourth-order valence-corrected chi connectivity index (χ4v) is 0.796. The Labute approximate surface area is 64.3 Å². The van der Waals surface area contributed by atoms with E-state index < -0.39 is 0 Å². The molecule has 0 aliphatic carbocycles. The van der Waals surface area contributed by atoms with Gasteiger partial charge in [0.2, 0.25) is 0 Å². The van der Waals surface area contributed by atoms with Gasteiger partial charge in [0.25, 0.3) is 0 Å². The van der Waals surface area contributed by atoms with Gasteiger partial charge in [-0.2, -0.15) is 0 Å². The summed E-state index contributed by atoms with van der Waals surface area (Å²) in [5.41, 5.74) is 0.515. The predicted octanol–water partition coefficient (Wildman–Crippen LogP) is 2.03. The van der Waals surface area contributed by atoms with Crippen LogP contribution in [0.25, 0.3) is 0 Å². The van der Waals surface area contributed by atoms with E-state index in [9.17, 15) is 0 Å². The molecule has 0 aliphatic heterocycles. The van der Waals surface area contributed by atoms with Crippen molar-refractivity contribution in [3.05, 3.63) is 28.8 Å². The highest BCUT2D eigenvalue weighted by Gasteiger charge is 1.95. The second-order valence-corrected chi connectivity index (χ2v) is 2.22. The van der Waals surface area contributed by atoms with Gasteiger partial charge in [-0.3, -0.25) is 0 Å². The third-order valence-electron chi connectivity index (χ3n) is 1.11. The van der Waals surface area contributed by atoms with Gasteiger partial charge in [0, 0.05) is 5.56 Å². The van der Waals surface area contributed by atoms with Gasteiger partial charge < -0.3 is 5.11 Å². The largest absolute Gasteiger partial charge is 0.508 e. The first kappa shape index (κ1) is 6.98. The molecule has 1 N–H and O–H groups in total. The van der Waals surface area contributed by atoms with Crippen molar-refractivity contribution in [2.45, 2.75) is 0 Å². The van der Waals surface area contributed by atoms with Crippen molar-refractivity contribution in [1.29, 1.82) is 0 Å². The molecule has 1 nitrogen and oxygen atoms in total. The molecule has 1 rings (SSSR count). The van der Waals surface area contributed by atoms with Gasteiger partial charge >= 0.3 is 0 Å². The zero-order valence-electron chi connectivity index (χ0n) is 5.13. The van der Waals surface area contributed by atoms with Crippen molar-refractivity contribution in [2.75, 3.05) is 0 Å². The van der Waals surface area contributed by atoms with E-state index in [4.69, 9.17) is 23.1 Å². The van der Waals surface area contributed by atoms with Crippen LogP contribution in [-0.4, -0.2) is 5.11 Å². The van der Waals surface area contributed by atoms with Gasteiger partial charge in [0.15, 0.2) is 0 Å². The third-order valence-corrected chi connectivity index (χ3v) is 1.44. The Morgan fingerprint density at radius 2 is 2.20 bits per heavy atom. The Bertz CT molecular complexity index is 286. The molecule has 0 atom stereocenters. The monoisotopic (exact) mass is 152 g/mol. The van der Waals surface area contributed by atoms with Crippen molar-refractivity contribution >= 4 is 11.6 Å². The number of phenolic OH excluding ortho intramolecular Hbond substituents is 1. The standard InChI is InChI=1S/C8H5ClO/c1-2-6-5-7(10)3-4-8(6)9/h1,3-5,10H. The highest BCUT2D eigenvalue weighted by atomic mass is 35.5. The van der Waals surface area contributed by atoms with Crippen LogP contribution in [0.3, 0.4) is 0 Å². The number of hydrogen-bond donors (Lipinski definition) is 1. The second-order valence-electron chi connectivity index (χ2n) is 1.81. The summed E-state index contributed by atoms with van der Waals surface area (Å²) in [5, 5.41) is 9.40. The van der Waals surface area contributed by atoms with E-state index in [1.807, 2.05) is 0 Å². The molecule has 0 fully saturated rings. The van der Waals surface area contributed by atoms with Gasteiger partial charge in [0.05, 0.1) is 5.02 Å². The van der Waals surface area contributed by atoms with E-state index in [1.165, 1.54) is 12.1 Å². The molecule has 0 spiro atoms. The maximum Gasteiger partial charge on any atom is 0.116 e. The second kappa shape index (κ2) is 2.64. The van der Waals surface area contributed by atoms with E-state index in [-0.39, 0.29) is 5.75 Å². The third kappa shape index (κ3) is 1.23. The summed E-state index contributed by atoms with van der Waals surface area (Å²) in [7, 11) is 0. The van der Waals surface area contributed by atoms with Crippen LogP contribution in [0.2, 0.25) is 5.02 Å². The number of terminal acetylenes is 1. The zero-order chi connectivity index (χ0) is 7.56. The Balaban J connectivity index is 3.25. The maximum absolute atomic E-state index is 8.91. The molecule has 0 saturated carbocycles. The van der Waals surface area contributed by atoms with Crippen molar-refractivity contribution in [3.63, 3.8) is 0 Å². The maximum atomic E-state index is 8.91. The highest BCUT2D eigenvalue weighted by Crippen LogP contribution is 2.19. The Kier molecular flexibility index (Phi) is 1.84. The molecular weight excluding hydrogens is 148 g/mol. The van der Waals surface area contributed by atoms with Crippen LogP contribution in [0, 0.1) is 12.3 Å². The van der Waals surface area contributed by atoms with E-state index in [1.54, 1.807) is 6.07 Å². The molecular formula is C8H5ClO. The van der Waals surface area contributed by atoms with Crippen LogP contribution < -0.4 is 0 Å². The number of benzene rings is 1. The Hall–Kier alpha value is -1.13. The molecule has 50 valence electrons. The van der Waals surface area contributed by atoms with Crippen molar-refractivity contribution in [2.24, 2.45) is 0 Å². The SMILES string of the molecule is C#Cc1cc(O)ccc1Cl. The van der Waals surface area contributed by atoms with E-state index >= 15 is 0 Å². The van der Waals surface area contributed by atoms with Crippen molar-refractivity contribution < 1.29 is 5.11 Å². The van der Waals surface area contributed by atoms with Gasteiger partial charge in [0.1, 0.15) is 5.75 Å². The van der Waals surface area contributed by atoms with Crippen LogP contribution in [0.15, 0.2) is 18.2 Å². The summed E-state index contributed by atoms with van der Waals surface area (Å²) in [6.07, 6.45) is 5.07. The van der Waals surface area contributed by atoms with Gasteiger partial charge in [-0.1, -0.05) is 17.5 Å². The normalized spacial score (nSPS) is 8.80. The van der Waals surface area contributed by atoms with Gasteiger partial charge in [-0.15, -0.1) is 6.42 Å². The minimum absolute atomic E-state index is 0.136. The lowest BCUT2D eigenvalue weighted by Gasteiger charge is -1.94. The average molecular weight is 153 g/mol. The molecule has 0 unspecified atom stereocenters. The van der Waals surface area contributed by atoms with Crippen molar-refractivity contribution in [1.82, 2.24) is 0 Å². The number of aromatic hydroxyl groups is 1. The van der Waals surface area contributed by atoms with Crippen LogP contribution in [0.4, 0.5) is 0 Å². The Morgan fingerprint density at radius 3 is 2.70 bits per heavy atom. The Morgan fingerprint density at radius 1 is 1.50 bits per heavy atom. The summed E-state index contributed by atoms with van der Waals surface area (Å²) in [6.45, 7) is 0. The molecule has 0 radical (unpaired) electrons. The number of halogens is 1. The molecule has 2 heteroatoms. The first-order valence-electron chi connectivity index (χ1n) is 2.69. The van der Waals surface area contributed by atoms with E-state index in [2.05, 4.69) is 5.92 Å². The summed E-state index contributed by atoms with van der Waals surface area (Å²) < 4.78 is 0. The molecule has 1 aromatic rings. The number of rotatable bonds is 0. The molecule has 0 amide bonds. The van der Waals surface area contributed by atoms with Crippen molar-refractivity contribution in [3.8, 4) is 18.1 Å². The topological polar surface area (TPSA) is 20.2 Å². The average Bonchev–Trinajstić information content (AvgIpc) is 1.94. The molecule has 0 aromatic heterocycles. The quantitative estimate of drug-likeness (QED) is 0.564. The number of phenols is 1. The summed E-state index contributed by atoms with van der Waals surface area (Å²) in [4.78, 5) is 0. The van der Waals surface area contributed by atoms with Crippen LogP contribution >= 0.6 is 11.6 Å². The molecule has 0 aliphatic rings. The van der Waals surface area contributed by atoms with E-state index in [0.717, 1.165) is 0 Å². The minimum atomic E-state index is 0.136. The summed E-state index contributed by atoms with van der Waals surface area (Å²) in [6, 6.07) is 4.50. The first-order valence-corrected chi connectivity index (χ1v) is 3.07. The molecule has 0 saturated heterocycles. The summed E-state index contributed by atoms with van der Waals surface area (Å²) >= 11 is 5.64. The van der Waals surface area contributed by atoms with Crippen LogP contribution in [-0.2, 0) is 0 Å².